The smallest absolute Gasteiger partial charge is 0.267 e. The molecule has 0 fully saturated rings. The van der Waals surface area contributed by atoms with Gasteiger partial charge in [-0.25, -0.2) is 0 Å². The molecule has 5 N–H and O–H groups in total. The maximum absolute atomic E-state index is 12.9. The van der Waals surface area contributed by atoms with Crippen molar-refractivity contribution in [3.63, 3.8) is 0 Å². The topological polar surface area (TPSA) is 134 Å². The van der Waals surface area contributed by atoms with Crippen LogP contribution in [0.3, 0.4) is 0 Å². The number of benzene rings is 2. The Morgan fingerprint density at radius 1 is 1.03 bits per heavy atom. The summed E-state index contributed by atoms with van der Waals surface area (Å²) < 4.78 is 5.27. The van der Waals surface area contributed by atoms with E-state index in [4.69, 9.17) is 10.5 Å². The first-order valence-electron chi connectivity index (χ1n) is 9.79. The monoisotopic (exact) mass is 418 g/mol. The Labute approximate surface area is 177 Å². The van der Waals surface area contributed by atoms with Gasteiger partial charge >= 0.3 is 0 Å². The van der Waals surface area contributed by atoms with Crippen molar-refractivity contribution in [2.45, 2.75) is 18.8 Å². The largest absolute Gasteiger partial charge is 0.497 e. The zero-order valence-corrected chi connectivity index (χ0v) is 16.9. The zero-order valence-electron chi connectivity index (χ0n) is 16.9. The molecule has 0 spiro atoms. The normalized spacial score (nSPS) is 12.0. The fourth-order valence-electron chi connectivity index (χ4n) is 3.87. The number of fused-ring (bicyclic) bond motifs is 1. The Balaban J connectivity index is 1.87. The third-order valence-corrected chi connectivity index (χ3v) is 5.33. The molecule has 0 saturated heterocycles. The standard InChI is InChI=1S/C23H22N4O4/c1-31-15-7-8-18-14(10-15)11-17(22(29)25-18)16(12-20(24)28)21-19(26-27-23(21)30)9-13-5-3-2-4-6-13/h2-8,10-11,16H,9,12H2,1H3,(H2,24,28)(H,25,29)(H2,26,27,30)/t16-/m0/s1. The lowest BCUT2D eigenvalue weighted by Gasteiger charge is -2.16. The molecule has 4 aromatic rings. The minimum absolute atomic E-state index is 0.179. The van der Waals surface area contributed by atoms with Gasteiger partial charge in [-0.15, -0.1) is 0 Å². The van der Waals surface area contributed by atoms with Gasteiger partial charge in [0.2, 0.25) is 5.91 Å². The molecule has 31 heavy (non-hydrogen) atoms. The van der Waals surface area contributed by atoms with E-state index in [1.54, 1.807) is 31.4 Å². The van der Waals surface area contributed by atoms with Crippen molar-refractivity contribution < 1.29 is 9.53 Å². The number of H-pyrrole nitrogens is 3. The van der Waals surface area contributed by atoms with Crippen molar-refractivity contribution in [1.82, 2.24) is 15.2 Å². The Kier molecular flexibility index (Phi) is 5.44. The molecule has 158 valence electrons. The predicted octanol–water partition coefficient (Wildman–Crippen LogP) is 2.15. The molecule has 2 aromatic heterocycles. The molecule has 8 heteroatoms. The van der Waals surface area contributed by atoms with E-state index in [2.05, 4.69) is 15.2 Å². The minimum Gasteiger partial charge on any atom is -0.497 e. The molecule has 4 rings (SSSR count). The molecule has 0 aliphatic carbocycles. The number of amides is 1. The maximum atomic E-state index is 12.9. The highest BCUT2D eigenvalue weighted by Crippen LogP contribution is 2.29. The molecule has 0 unspecified atom stereocenters. The summed E-state index contributed by atoms with van der Waals surface area (Å²) in [7, 11) is 1.55. The van der Waals surface area contributed by atoms with E-state index in [-0.39, 0.29) is 17.5 Å². The lowest BCUT2D eigenvalue weighted by Crippen LogP contribution is -2.26. The molecule has 8 nitrogen and oxygen atoms in total. The Hall–Kier alpha value is -4.07. The molecular weight excluding hydrogens is 396 g/mol. The second-order valence-corrected chi connectivity index (χ2v) is 7.36. The van der Waals surface area contributed by atoms with Gasteiger partial charge in [0.05, 0.1) is 7.11 Å². The molecule has 1 atom stereocenters. The van der Waals surface area contributed by atoms with Gasteiger partial charge < -0.3 is 20.6 Å². The number of aromatic nitrogens is 3. The number of hydrogen-bond donors (Lipinski definition) is 4. The summed E-state index contributed by atoms with van der Waals surface area (Å²) in [5.41, 5.74) is 7.57. The van der Waals surface area contributed by atoms with Crippen molar-refractivity contribution in [3.05, 3.63) is 97.7 Å². The molecule has 0 aliphatic rings. The van der Waals surface area contributed by atoms with Crippen molar-refractivity contribution in [2.24, 2.45) is 5.73 Å². The first-order chi connectivity index (χ1) is 15.0. The zero-order chi connectivity index (χ0) is 22.0. The van der Waals surface area contributed by atoms with E-state index in [0.717, 1.165) is 10.9 Å². The Morgan fingerprint density at radius 3 is 2.52 bits per heavy atom. The summed E-state index contributed by atoms with van der Waals surface area (Å²) >= 11 is 0. The van der Waals surface area contributed by atoms with Gasteiger partial charge in [-0.3, -0.25) is 19.5 Å². The highest BCUT2D eigenvalue weighted by molar-refractivity contribution is 5.81. The number of methoxy groups -OCH3 is 1. The molecule has 1 amide bonds. The Morgan fingerprint density at radius 2 is 1.81 bits per heavy atom. The van der Waals surface area contributed by atoms with Gasteiger partial charge in [-0.2, -0.15) is 0 Å². The van der Waals surface area contributed by atoms with Crippen LogP contribution in [0.4, 0.5) is 0 Å². The molecular formula is C23H22N4O4. The second kappa shape index (κ2) is 8.35. The Bertz CT molecular complexity index is 1350. The number of aromatic amines is 3. The number of primary amides is 1. The SMILES string of the molecule is COc1ccc2[nH]c(=O)c([C@H](CC(N)=O)c3c(Cc4ccccc4)[nH][nH]c3=O)cc2c1. The summed E-state index contributed by atoms with van der Waals surface area (Å²) in [6.07, 6.45) is 0.255. The lowest BCUT2D eigenvalue weighted by atomic mass is 9.87. The maximum Gasteiger partial charge on any atom is 0.267 e. The van der Waals surface area contributed by atoms with Crippen molar-refractivity contribution >= 4 is 16.8 Å². The number of nitrogens with two attached hydrogens (primary N) is 1. The molecule has 2 heterocycles. The summed E-state index contributed by atoms with van der Waals surface area (Å²) in [5.74, 6) is -0.784. The number of carbonyl (C=O) groups excluding carboxylic acids is 1. The number of carbonyl (C=O) groups is 1. The predicted molar refractivity (Wildman–Crippen MR) is 117 cm³/mol. The quantitative estimate of drug-likeness (QED) is 0.366. The van der Waals surface area contributed by atoms with Crippen molar-refractivity contribution in [3.8, 4) is 5.75 Å². The highest BCUT2D eigenvalue weighted by atomic mass is 16.5. The van der Waals surface area contributed by atoms with Gasteiger partial charge in [0.25, 0.3) is 11.1 Å². The molecule has 2 aromatic carbocycles. The van der Waals surface area contributed by atoms with E-state index in [1.165, 1.54) is 0 Å². The van der Waals surface area contributed by atoms with Crippen LogP contribution in [0.5, 0.6) is 5.75 Å². The first-order valence-corrected chi connectivity index (χ1v) is 9.79. The number of pyridine rings is 1. The van der Waals surface area contributed by atoms with E-state index in [9.17, 15) is 14.4 Å². The van der Waals surface area contributed by atoms with Crippen LogP contribution in [0.1, 0.15) is 34.7 Å². The average Bonchev–Trinajstić information content (AvgIpc) is 3.11. The number of hydrogen-bond acceptors (Lipinski definition) is 4. The molecule has 0 bridgehead atoms. The third kappa shape index (κ3) is 4.13. The third-order valence-electron chi connectivity index (χ3n) is 5.33. The number of nitrogens with one attached hydrogen (secondary N) is 3. The average molecular weight is 418 g/mol. The van der Waals surface area contributed by atoms with Gasteiger partial charge in [0.1, 0.15) is 5.75 Å². The van der Waals surface area contributed by atoms with Crippen LogP contribution in [0.15, 0.2) is 64.2 Å². The van der Waals surface area contributed by atoms with E-state index in [0.29, 0.717) is 34.5 Å². The fraction of sp³-hybridized carbons (Fsp3) is 0.174. The molecule has 0 saturated carbocycles. The van der Waals surface area contributed by atoms with Crippen molar-refractivity contribution in [1.29, 1.82) is 0 Å². The second-order valence-electron chi connectivity index (χ2n) is 7.36. The van der Waals surface area contributed by atoms with Crippen molar-refractivity contribution in [2.75, 3.05) is 7.11 Å². The number of ether oxygens (including phenoxy) is 1. The van der Waals surface area contributed by atoms with Gasteiger partial charge in [0, 0.05) is 46.5 Å². The van der Waals surface area contributed by atoms with Gasteiger partial charge in [-0.1, -0.05) is 30.3 Å². The van der Waals surface area contributed by atoms with Crippen LogP contribution < -0.4 is 21.6 Å². The fourth-order valence-corrected chi connectivity index (χ4v) is 3.87. The van der Waals surface area contributed by atoms with E-state index < -0.39 is 11.8 Å². The van der Waals surface area contributed by atoms with E-state index >= 15 is 0 Å². The molecule has 0 radical (unpaired) electrons. The van der Waals surface area contributed by atoms with Crippen LogP contribution in [0, 0.1) is 0 Å². The lowest BCUT2D eigenvalue weighted by molar-refractivity contribution is -0.118. The van der Waals surface area contributed by atoms with Gasteiger partial charge in [-0.05, 0) is 29.8 Å². The summed E-state index contributed by atoms with van der Waals surface area (Å²) in [6, 6.07) is 16.5. The molecule has 0 aliphatic heterocycles. The van der Waals surface area contributed by atoms with Crippen LogP contribution in [0.25, 0.3) is 10.9 Å². The van der Waals surface area contributed by atoms with E-state index in [1.807, 2.05) is 30.3 Å². The van der Waals surface area contributed by atoms with Crippen LogP contribution in [-0.2, 0) is 11.2 Å². The van der Waals surface area contributed by atoms with Crippen LogP contribution in [-0.4, -0.2) is 28.2 Å². The van der Waals surface area contributed by atoms with Crippen LogP contribution in [0.2, 0.25) is 0 Å². The summed E-state index contributed by atoms with van der Waals surface area (Å²) in [5, 5.41) is 6.21. The van der Waals surface area contributed by atoms with Gasteiger partial charge in [0.15, 0.2) is 0 Å². The minimum atomic E-state index is -0.800. The van der Waals surface area contributed by atoms with Crippen LogP contribution >= 0.6 is 0 Å². The highest BCUT2D eigenvalue weighted by Gasteiger charge is 2.27. The summed E-state index contributed by atoms with van der Waals surface area (Å²) in [4.78, 5) is 40.4. The number of rotatable bonds is 7. The first kappa shape index (κ1) is 20.2. The summed E-state index contributed by atoms with van der Waals surface area (Å²) in [6.45, 7) is 0.